The summed E-state index contributed by atoms with van der Waals surface area (Å²) in [6.07, 6.45) is 2.72. The highest BCUT2D eigenvalue weighted by Gasteiger charge is 2.37. The van der Waals surface area contributed by atoms with Crippen LogP contribution in [-0.4, -0.2) is 19.9 Å². The average molecular weight is 453 g/mol. The third kappa shape index (κ3) is 3.62. The Kier molecular flexibility index (Phi) is 4.96. The maximum atomic E-state index is 14.4. The van der Waals surface area contributed by atoms with Crippen LogP contribution in [0.1, 0.15) is 11.1 Å². The first-order valence-corrected chi connectivity index (χ1v) is 8.43. The molecule has 0 aliphatic rings. The number of benzene rings is 2. The minimum atomic E-state index is -1.82. The van der Waals surface area contributed by atoms with Gasteiger partial charge in [-0.25, -0.2) is 18.4 Å². The van der Waals surface area contributed by atoms with E-state index >= 15 is 0 Å². The summed E-state index contributed by atoms with van der Waals surface area (Å²) in [6, 6.07) is 10.4. The average Bonchev–Trinajstić information content (AvgIpc) is 3.07. The van der Waals surface area contributed by atoms with Gasteiger partial charge in [0.1, 0.15) is 29.9 Å². The summed E-state index contributed by atoms with van der Waals surface area (Å²) < 4.78 is 30.1. The van der Waals surface area contributed by atoms with Crippen molar-refractivity contribution < 1.29 is 13.9 Å². The van der Waals surface area contributed by atoms with Crippen molar-refractivity contribution in [3.8, 4) is 0 Å². The van der Waals surface area contributed by atoms with Crippen LogP contribution in [0, 0.1) is 15.2 Å². The number of aromatic nitrogens is 3. The van der Waals surface area contributed by atoms with Crippen LogP contribution in [0.15, 0.2) is 61.7 Å². The summed E-state index contributed by atoms with van der Waals surface area (Å²) in [5.41, 5.74) is -0.970. The highest BCUT2D eigenvalue weighted by molar-refractivity contribution is 14.1. The molecule has 1 unspecified atom stereocenters. The molecule has 1 aromatic heterocycles. The number of hydrogen-bond acceptors (Lipinski definition) is 3. The third-order valence-corrected chi connectivity index (χ3v) is 4.65. The molecule has 3 aromatic rings. The number of nitrogens with zero attached hydrogens (tertiary/aromatic N) is 3. The molecule has 0 spiro atoms. The van der Waals surface area contributed by atoms with E-state index in [0.717, 1.165) is 15.7 Å². The Morgan fingerprint density at radius 1 is 1.20 bits per heavy atom. The van der Waals surface area contributed by atoms with Crippen molar-refractivity contribution in [1.82, 2.24) is 14.8 Å². The minimum absolute atomic E-state index is 0.0760. The highest BCUT2D eigenvalue weighted by Crippen LogP contribution is 2.38. The number of rotatable bonds is 5. The van der Waals surface area contributed by atoms with Crippen LogP contribution in [0.2, 0.25) is 0 Å². The molecule has 2 aromatic carbocycles. The van der Waals surface area contributed by atoms with Gasteiger partial charge in [0.15, 0.2) is 0 Å². The third-order valence-electron chi connectivity index (χ3n) is 3.93. The van der Waals surface area contributed by atoms with Gasteiger partial charge in [-0.3, -0.25) is 0 Å². The van der Waals surface area contributed by atoms with Crippen LogP contribution in [0.4, 0.5) is 8.78 Å². The Bertz CT molecular complexity index is 897. The molecule has 1 heterocycles. The lowest BCUT2D eigenvalue weighted by molar-refractivity contribution is 0.0726. The van der Waals surface area contributed by atoms with Crippen molar-refractivity contribution in [3.05, 3.63) is 88.0 Å². The molecular formula is C18H14F2IN3O. The summed E-state index contributed by atoms with van der Waals surface area (Å²) in [7, 11) is 0. The van der Waals surface area contributed by atoms with Gasteiger partial charge in [-0.15, -0.1) is 0 Å². The summed E-state index contributed by atoms with van der Waals surface area (Å²) in [4.78, 5) is 3.84. The van der Waals surface area contributed by atoms with Crippen LogP contribution in [0.25, 0.3) is 5.57 Å². The summed E-state index contributed by atoms with van der Waals surface area (Å²) in [6.45, 7) is 3.86. The number of halogens is 3. The maximum absolute atomic E-state index is 14.4. The monoisotopic (exact) mass is 453 g/mol. The van der Waals surface area contributed by atoms with Crippen LogP contribution >= 0.6 is 22.6 Å². The molecular weight excluding hydrogens is 439 g/mol. The Morgan fingerprint density at radius 3 is 2.52 bits per heavy atom. The zero-order valence-electron chi connectivity index (χ0n) is 13.0. The van der Waals surface area contributed by atoms with E-state index in [1.165, 1.54) is 23.4 Å². The van der Waals surface area contributed by atoms with Gasteiger partial charge < -0.3 is 5.11 Å². The predicted molar refractivity (Wildman–Crippen MR) is 98.5 cm³/mol. The fraction of sp³-hybridized carbons (Fsp3) is 0.111. The molecule has 4 nitrogen and oxygen atoms in total. The topological polar surface area (TPSA) is 50.9 Å². The standard InChI is InChI=1S/C18H14F2IN3O/c1-12(13-2-5-15(21)6-3-13)18(25,9-24-11-22-10-23-24)16-7-4-14(19)8-17(16)20/h2-8,10-11,25H,1,9H2. The van der Waals surface area contributed by atoms with Crippen LogP contribution < -0.4 is 0 Å². The van der Waals surface area contributed by atoms with E-state index in [4.69, 9.17) is 0 Å². The lowest BCUT2D eigenvalue weighted by Gasteiger charge is -2.31. The molecule has 0 saturated heterocycles. The van der Waals surface area contributed by atoms with Gasteiger partial charge in [-0.1, -0.05) is 18.7 Å². The Morgan fingerprint density at radius 2 is 1.92 bits per heavy atom. The van der Waals surface area contributed by atoms with Gasteiger partial charge in [0.25, 0.3) is 0 Å². The molecule has 0 bridgehead atoms. The van der Waals surface area contributed by atoms with Crippen molar-refractivity contribution in [2.75, 3.05) is 0 Å². The smallest absolute Gasteiger partial charge is 0.137 e. The van der Waals surface area contributed by atoms with Gasteiger partial charge in [0.2, 0.25) is 0 Å². The SMILES string of the molecule is C=C(c1ccc(I)cc1)C(O)(Cn1cncn1)c1ccc(F)cc1F. The molecule has 1 N–H and O–H groups in total. The van der Waals surface area contributed by atoms with E-state index < -0.39 is 17.2 Å². The van der Waals surface area contributed by atoms with Gasteiger partial charge in [-0.2, -0.15) is 5.10 Å². The van der Waals surface area contributed by atoms with Gasteiger partial charge in [0, 0.05) is 15.2 Å². The van der Waals surface area contributed by atoms with E-state index in [2.05, 4.69) is 39.3 Å². The Labute approximate surface area is 157 Å². The maximum Gasteiger partial charge on any atom is 0.137 e. The van der Waals surface area contributed by atoms with E-state index in [0.29, 0.717) is 5.56 Å². The van der Waals surface area contributed by atoms with Crippen LogP contribution in [-0.2, 0) is 12.1 Å². The van der Waals surface area contributed by atoms with E-state index in [1.807, 2.05) is 12.1 Å². The lowest BCUT2D eigenvalue weighted by atomic mass is 9.82. The first-order chi connectivity index (χ1) is 11.9. The van der Waals surface area contributed by atoms with E-state index in [1.54, 1.807) is 12.1 Å². The first-order valence-electron chi connectivity index (χ1n) is 7.36. The molecule has 0 fully saturated rings. The molecule has 128 valence electrons. The van der Waals surface area contributed by atoms with E-state index in [9.17, 15) is 13.9 Å². The molecule has 1 atom stereocenters. The Hall–Kier alpha value is -2.13. The molecule has 0 amide bonds. The zero-order valence-corrected chi connectivity index (χ0v) is 15.2. The van der Waals surface area contributed by atoms with Crippen LogP contribution in [0.5, 0.6) is 0 Å². The van der Waals surface area contributed by atoms with Crippen molar-refractivity contribution in [2.45, 2.75) is 12.1 Å². The summed E-state index contributed by atoms with van der Waals surface area (Å²) >= 11 is 2.16. The van der Waals surface area contributed by atoms with Gasteiger partial charge in [0.05, 0.1) is 6.54 Å². The predicted octanol–water partition coefficient (Wildman–Crippen LogP) is 3.76. The zero-order chi connectivity index (χ0) is 18.0. The fourth-order valence-corrected chi connectivity index (χ4v) is 2.97. The minimum Gasteiger partial charge on any atom is -0.378 e. The van der Waals surface area contributed by atoms with Crippen molar-refractivity contribution in [3.63, 3.8) is 0 Å². The molecule has 0 saturated carbocycles. The van der Waals surface area contributed by atoms with Crippen molar-refractivity contribution in [2.24, 2.45) is 0 Å². The quantitative estimate of drug-likeness (QED) is 0.599. The molecule has 3 rings (SSSR count). The fourth-order valence-electron chi connectivity index (χ4n) is 2.61. The van der Waals surface area contributed by atoms with Crippen molar-refractivity contribution in [1.29, 1.82) is 0 Å². The molecule has 0 aliphatic heterocycles. The second kappa shape index (κ2) is 7.01. The molecule has 0 radical (unpaired) electrons. The van der Waals surface area contributed by atoms with Crippen molar-refractivity contribution >= 4 is 28.2 Å². The second-order valence-corrected chi connectivity index (χ2v) is 6.81. The largest absolute Gasteiger partial charge is 0.378 e. The molecule has 7 heteroatoms. The lowest BCUT2D eigenvalue weighted by Crippen LogP contribution is -2.34. The summed E-state index contributed by atoms with van der Waals surface area (Å²) in [5, 5.41) is 15.3. The number of aliphatic hydroxyl groups is 1. The van der Waals surface area contributed by atoms with Gasteiger partial charge in [-0.05, 0) is 58.0 Å². The second-order valence-electron chi connectivity index (χ2n) is 5.56. The summed E-state index contributed by atoms with van der Waals surface area (Å²) in [5.74, 6) is -1.57. The highest BCUT2D eigenvalue weighted by atomic mass is 127. The first kappa shape index (κ1) is 17.7. The van der Waals surface area contributed by atoms with E-state index in [-0.39, 0.29) is 17.7 Å². The Balaban J connectivity index is 2.10. The van der Waals surface area contributed by atoms with Gasteiger partial charge >= 0.3 is 0 Å². The number of hydrogen-bond donors (Lipinski definition) is 1. The molecule has 0 aliphatic carbocycles. The normalized spacial score (nSPS) is 13.4. The molecule has 25 heavy (non-hydrogen) atoms. The van der Waals surface area contributed by atoms with Crippen LogP contribution in [0.3, 0.4) is 0 Å².